The lowest BCUT2D eigenvalue weighted by molar-refractivity contribution is -0.119. The number of rotatable bonds is 5. The van der Waals surface area contributed by atoms with Crippen LogP contribution in [0, 0.1) is 0 Å². The van der Waals surface area contributed by atoms with Crippen molar-refractivity contribution in [3.63, 3.8) is 0 Å². The first-order chi connectivity index (χ1) is 11.7. The zero-order chi connectivity index (χ0) is 16.9. The highest BCUT2D eigenvalue weighted by Gasteiger charge is 2.16. The zero-order valence-corrected chi connectivity index (χ0v) is 14.7. The first-order valence-corrected chi connectivity index (χ1v) is 8.36. The molecular formula is C17H16BrN5O. The molecule has 1 amide bonds. The van der Waals surface area contributed by atoms with Gasteiger partial charge in [0.25, 0.3) is 5.91 Å². The average Bonchev–Trinajstić information content (AvgIpc) is 3.05. The predicted molar refractivity (Wildman–Crippen MR) is 95.4 cm³/mol. The first kappa shape index (κ1) is 16.3. The number of amides is 1. The van der Waals surface area contributed by atoms with Crippen molar-refractivity contribution in [2.75, 3.05) is 11.4 Å². The molecule has 0 aliphatic rings. The fourth-order valence-electron chi connectivity index (χ4n) is 2.38. The minimum atomic E-state index is -0.0835. The number of para-hydroxylation sites is 1. The summed E-state index contributed by atoms with van der Waals surface area (Å²) in [4.78, 5) is 15.6. The Kier molecular flexibility index (Phi) is 5.00. The van der Waals surface area contributed by atoms with Crippen molar-refractivity contribution in [3.05, 3.63) is 59.1 Å². The van der Waals surface area contributed by atoms with Gasteiger partial charge in [0.2, 0.25) is 5.82 Å². The first-order valence-electron chi connectivity index (χ1n) is 7.57. The maximum Gasteiger partial charge on any atom is 0.250 e. The Morgan fingerprint density at radius 2 is 1.83 bits per heavy atom. The Morgan fingerprint density at radius 1 is 1.12 bits per heavy atom. The predicted octanol–water partition coefficient (Wildman–Crippen LogP) is 3.16. The highest BCUT2D eigenvalue weighted by atomic mass is 79.9. The van der Waals surface area contributed by atoms with E-state index in [0.717, 1.165) is 15.7 Å². The lowest BCUT2D eigenvalue weighted by Crippen LogP contribution is -2.34. The quantitative estimate of drug-likeness (QED) is 0.676. The molecule has 7 heteroatoms. The van der Waals surface area contributed by atoms with Crippen LogP contribution in [0.4, 0.5) is 5.69 Å². The standard InChI is InChI=1S/C17H16BrN5O/c1-2-22(13-8-4-3-5-9-13)16(24)12-23-20-17(19-21-23)14-10-6-7-11-15(14)18/h3-11H,2,12H2,1H3. The smallest absolute Gasteiger partial charge is 0.250 e. The van der Waals surface area contributed by atoms with Crippen molar-refractivity contribution in [1.82, 2.24) is 20.2 Å². The minimum Gasteiger partial charge on any atom is -0.311 e. The number of tetrazole rings is 1. The van der Waals surface area contributed by atoms with Crippen molar-refractivity contribution in [3.8, 4) is 11.4 Å². The number of aromatic nitrogens is 4. The number of benzene rings is 2. The Bertz CT molecular complexity index is 834. The van der Waals surface area contributed by atoms with Crippen LogP contribution >= 0.6 is 15.9 Å². The topological polar surface area (TPSA) is 63.9 Å². The molecule has 0 fully saturated rings. The number of hydrogen-bond donors (Lipinski definition) is 0. The number of anilines is 1. The molecule has 0 atom stereocenters. The summed E-state index contributed by atoms with van der Waals surface area (Å²) in [5, 5.41) is 12.3. The van der Waals surface area contributed by atoms with E-state index < -0.39 is 0 Å². The number of carbonyl (C=O) groups is 1. The highest BCUT2D eigenvalue weighted by molar-refractivity contribution is 9.10. The molecule has 0 spiro atoms. The van der Waals surface area contributed by atoms with Crippen LogP contribution < -0.4 is 4.90 Å². The number of nitrogens with zero attached hydrogens (tertiary/aromatic N) is 5. The summed E-state index contributed by atoms with van der Waals surface area (Å²) in [5.41, 5.74) is 1.70. The monoisotopic (exact) mass is 385 g/mol. The molecule has 0 aliphatic heterocycles. The van der Waals surface area contributed by atoms with Gasteiger partial charge in [-0.1, -0.05) is 46.3 Å². The Hall–Kier alpha value is -2.54. The molecule has 0 radical (unpaired) electrons. The molecule has 24 heavy (non-hydrogen) atoms. The molecule has 2 aromatic carbocycles. The Morgan fingerprint density at radius 3 is 2.54 bits per heavy atom. The number of halogens is 1. The van der Waals surface area contributed by atoms with E-state index >= 15 is 0 Å². The van der Waals surface area contributed by atoms with Crippen LogP contribution in [0.5, 0.6) is 0 Å². The lowest BCUT2D eigenvalue weighted by atomic mass is 10.2. The van der Waals surface area contributed by atoms with Crippen molar-refractivity contribution in [2.24, 2.45) is 0 Å². The lowest BCUT2D eigenvalue weighted by Gasteiger charge is -2.20. The van der Waals surface area contributed by atoms with Crippen LogP contribution in [-0.4, -0.2) is 32.7 Å². The normalized spacial score (nSPS) is 10.6. The van der Waals surface area contributed by atoms with Crippen molar-refractivity contribution in [1.29, 1.82) is 0 Å². The van der Waals surface area contributed by atoms with Crippen LogP contribution in [0.1, 0.15) is 6.92 Å². The van der Waals surface area contributed by atoms with E-state index in [1.54, 1.807) is 4.90 Å². The number of likely N-dealkylation sites (N-methyl/N-ethyl adjacent to an activating group) is 1. The maximum absolute atomic E-state index is 12.5. The van der Waals surface area contributed by atoms with E-state index in [4.69, 9.17) is 0 Å². The van der Waals surface area contributed by atoms with Crippen LogP contribution in [0.25, 0.3) is 11.4 Å². The molecular weight excluding hydrogens is 370 g/mol. The summed E-state index contributed by atoms with van der Waals surface area (Å²) in [7, 11) is 0. The van der Waals surface area contributed by atoms with E-state index in [0.29, 0.717) is 12.4 Å². The van der Waals surface area contributed by atoms with Gasteiger partial charge in [0.1, 0.15) is 6.54 Å². The van der Waals surface area contributed by atoms with E-state index in [1.165, 1.54) is 4.80 Å². The molecule has 0 aliphatic carbocycles. The SMILES string of the molecule is CCN(C(=O)Cn1nnc(-c2ccccc2Br)n1)c1ccccc1. The molecule has 0 bridgehead atoms. The van der Waals surface area contributed by atoms with Gasteiger partial charge < -0.3 is 4.90 Å². The minimum absolute atomic E-state index is 0.0419. The molecule has 0 saturated heterocycles. The van der Waals surface area contributed by atoms with Gasteiger partial charge >= 0.3 is 0 Å². The van der Waals surface area contributed by atoms with Gasteiger partial charge in [0, 0.05) is 22.3 Å². The maximum atomic E-state index is 12.5. The molecule has 0 saturated carbocycles. The third kappa shape index (κ3) is 3.51. The fraction of sp³-hybridized carbons (Fsp3) is 0.176. The summed E-state index contributed by atoms with van der Waals surface area (Å²) in [5.74, 6) is 0.401. The molecule has 6 nitrogen and oxygen atoms in total. The van der Waals surface area contributed by atoms with E-state index in [2.05, 4.69) is 31.3 Å². The van der Waals surface area contributed by atoms with Gasteiger partial charge in [-0.3, -0.25) is 4.79 Å². The number of hydrogen-bond acceptors (Lipinski definition) is 4. The van der Waals surface area contributed by atoms with Gasteiger partial charge in [0.05, 0.1) is 0 Å². The van der Waals surface area contributed by atoms with E-state index in [1.807, 2.05) is 61.5 Å². The van der Waals surface area contributed by atoms with Crippen molar-refractivity contribution in [2.45, 2.75) is 13.5 Å². The Labute approximate surface area is 148 Å². The Balaban J connectivity index is 1.77. The highest BCUT2D eigenvalue weighted by Crippen LogP contribution is 2.24. The van der Waals surface area contributed by atoms with Crippen LogP contribution in [0.3, 0.4) is 0 Å². The van der Waals surface area contributed by atoms with Gasteiger partial charge in [-0.25, -0.2) is 0 Å². The molecule has 3 aromatic rings. The third-order valence-corrected chi connectivity index (χ3v) is 4.22. The summed E-state index contributed by atoms with van der Waals surface area (Å²) >= 11 is 3.47. The molecule has 1 heterocycles. The average molecular weight is 386 g/mol. The van der Waals surface area contributed by atoms with Crippen LogP contribution in [0.2, 0.25) is 0 Å². The van der Waals surface area contributed by atoms with E-state index in [-0.39, 0.29) is 12.5 Å². The second-order valence-electron chi connectivity index (χ2n) is 5.10. The van der Waals surface area contributed by atoms with Crippen molar-refractivity contribution < 1.29 is 4.79 Å². The summed E-state index contributed by atoms with van der Waals surface area (Å²) in [6, 6.07) is 17.2. The molecule has 0 N–H and O–H groups in total. The van der Waals surface area contributed by atoms with Crippen LogP contribution in [-0.2, 0) is 11.3 Å². The molecule has 122 valence electrons. The number of carbonyl (C=O) groups excluding carboxylic acids is 1. The van der Waals surface area contributed by atoms with Gasteiger partial charge in [0.15, 0.2) is 0 Å². The van der Waals surface area contributed by atoms with Crippen LogP contribution in [0.15, 0.2) is 59.1 Å². The van der Waals surface area contributed by atoms with Crippen molar-refractivity contribution >= 4 is 27.5 Å². The molecule has 1 aromatic heterocycles. The molecule has 0 unspecified atom stereocenters. The van der Waals surface area contributed by atoms with Gasteiger partial charge in [-0.15, -0.1) is 10.2 Å². The fourth-order valence-corrected chi connectivity index (χ4v) is 2.84. The third-order valence-electron chi connectivity index (χ3n) is 3.53. The van der Waals surface area contributed by atoms with E-state index in [9.17, 15) is 4.79 Å². The summed E-state index contributed by atoms with van der Waals surface area (Å²) < 4.78 is 0.885. The zero-order valence-electron chi connectivity index (χ0n) is 13.1. The second kappa shape index (κ2) is 7.35. The summed E-state index contributed by atoms with van der Waals surface area (Å²) in [6.45, 7) is 2.56. The van der Waals surface area contributed by atoms with Gasteiger partial charge in [-0.05, 0) is 36.4 Å². The molecule has 3 rings (SSSR count). The largest absolute Gasteiger partial charge is 0.311 e. The second-order valence-corrected chi connectivity index (χ2v) is 5.95. The van der Waals surface area contributed by atoms with Gasteiger partial charge in [-0.2, -0.15) is 4.80 Å². The summed E-state index contributed by atoms with van der Waals surface area (Å²) in [6.07, 6.45) is 0.